The Kier molecular flexibility index (Phi) is 5.31. The quantitative estimate of drug-likeness (QED) is 0.559. The van der Waals surface area contributed by atoms with E-state index in [1.807, 2.05) is 6.21 Å². The summed E-state index contributed by atoms with van der Waals surface area (Å²) in [5, 5.41) is 3.92. The van der Waals surface area contributed by atoms with E-state index in [2.05, 4.69) is 5.16 Å². The molecule has 1 aromatic carbocycles. The highest BCUT2D eigenvalue weighted by Crippen LogP contribution is 2.24. The molecule has 0 aliphatic heterocycles. The first-order chi connectivity index (χ1) is 9.27. The van der Waals surface area contributed by atoms with Gasteiger partial charge in [-0.2, -0.15) is 0 Å². The number of halogens is 2. The van der Waals surface area contributed by atoms with Crippen molar-refractivity contribution in [2.75, 3.05) is 0 Å². The number of hydrogen-bond donors (Lipinski definition) is 0. The minimum atomic E-state index is -2.47. The molecule has 4 heteroatoms. The van der Waals surface area contributed by atoms with Gasteiger partial charge < -0.3 is 4.84 Å². The van der Waals surface area contributed by atoms with Crippen LogP contribution in [0.3, 0.4) is 0 Å². The van der Waals surface area contributed by atoms with Crippen LogP contribution in [0.15, 0.2) is 29.4 Å². The Bertz CT molecular complexity index is 414. The molecule has 1 aliphatic rings. The molecule has 1 saturated carbocycles. The molecule has 104 valence electrons. The first-order valence-electron chi connectivity index (χ1n) is 6.79. The molecule has 0 amide bonds. The van der Waals surface area contributed by atoms with Crippen molar-refractivity contribution < 1.29 is 13.6 Å². The van der Waals surface area contributed by atoms with Crippen LogP contribution in [0.5, 0.6) is 0 Å². The summed E-state index contributed by atoms with van der Waals surface area (Å²) in [5.41, 5.74) is 0.522. The van der Waals surface area contributed by atoms with Crippen LogP contribution >= 0.6 is 0 Å². The molecule has 0 unspecified atom stereocenters. The molecule has 1 aliphatic carbocycles. The van der Waals surface area contributed by atoms with Crippen molar-refractivity contribution in [3.05, 3.63) is 35.4 Å². The van der Waals surface area contributed by atoms with E-state index in [9.17, 15) is 8.78 Å². The molecule has 0 bridgehead atoms. The highest BCUT2D eigenvalue weighted by molar-refractivity contribution is 5.59. The molecular formula is C15H19F2NO. The van der Waals surface area contributed by atoms with E-state index < -0.39 is 6.43 Å². The summed E-state index contributed by atoms with van der Waals surface area (Å²) in [7, 11) is 0. The third-order valence-electron chi connectivity index (χ3n) is 3.51. The molecule has 19 heavy (non-hydrogen) atoms. The SMILES string of the molecule is FC(F)c1ccccc1CON=CC1CCCCC1. The minimum Gasteiger partial charge on any atom is -0.391 e. The third kappa shape index (κ3) is 4.30. The zero-order valence-electron chi connectivity index (χ0n) is 10.9. The second-order valence-electron chi connectivity index (χ2n) is 4.93. The van der Waals surface area contributed by atoms with Crippen LogP contribution in [0, 0.1) is 5.92 Å². The molecule has 1 aromatic rings. The van der Waals surface area contributed by atoms with E-state index in [1.54, 1.807) is 18.2 Å². The largest absolute Gasteiger partial charge is 0.391 e. The van der Waals surface area contributed by atoms with E-state index >= 15 is 0 Å². The van der Waals surface area contributed by atoms with Crippen molar-refractivity contribution in [3.8, 4) is 0 Å². The van der Waals surface area contributed by atoms with Gasteiger partial charge in [-0.3, -0.25) is 0 Å². The van der Waals surface area contributed by atoms with Crippen LogP contribution in [-0.2, 0) is 11.4 Å². The first kappa shape index (κ1) is 14.0. The highest BCUT2D eigenvalue weighted by atomic mass is 19.3. The number of oxime groups is 1. The Morgan fingerprint density at radius 1 is 1.21 bits per heavy atom. The summed E-state index contributed by atoms with van der Waals surface area (Å²) in [5.74, 6) is 0.485. The smallest absolute Gasteiger partial charge is 0.264 e. The van der Waals surface area contributed by atoms with Gasteiger partial charge in [0.2, 0.25) is 0 Å². The fraction of sp³-hybridized carbons (Fsp3) is 0.533. The Morgan fingerprint density at radius 3 is 2.68 bits per heavy atom. The van der Waals surface area contributed by atoms with E-state index in [0.717, 1.165) is 12.8 Å². The Labute approximate surface area is 112 Å². The fourth-order valence-electron chi connectivity index (χ4n) is 2.40. The molecule has 0 spiro atoms. The average molecular weight is 267 g/mol. The second-order valence-corrected chi connectivity index (χ2v) is 4.93. The average Bonchev–Trinajstić information content (AvgIpc) is 2.45. The molecule has 0 radical (unpaired) electrons. The van der Waals surface area contributed by atoms with Crippen molar-refractivity contribution in [2.24, 2.45) is 11.1 Å². The number of nitrogens with zero attached hydrogens (tertiary/aromatic N) is 1. The molecule has 0 aromatic heterocycles. The minimum absolute atomic E-state index is 0.0235. The predicted octanol–water partition coefficient (Wildman–Crippen LogP) is 4.71. The number of rotatable bonds is 5. The molecule has 2 rings (SSSR count). The van der Waals surface area contributed by atoms with Crippen LogP contribution in [-0.4, -0.2) is 6.21 Å². The van der Waals surface area contributed by atoms with E-state index in [0.29, 0.717) is 11.5 Å². The molecule has 0 heterocycles. The Morgan fingerprint density at radius 2 is 1.95 bits per heavy atom. The zero-order valence-corrected chi connectivity index (χ0v) is 10.9. The topological polar surface area (TPSA) is 21.6 Å². The standard InChI is InChI=1S/C15H19F2NO/c16-15(17)14-9-5-4-8-13(14)11-19-18-10-12-6-2-1-3-7-12/h4-5,8-10,12,15H,1-3,6-7,11H2. The van der Waals surface area contributed by atoms with Gasteiger partial charge in [0.15, 0.2) is 0 Å². The van der Waals surface area contributed by atoms with Crippen molar-refractivity contribution in [1.29, 1.82) is 0 Å². The van der Waals surface area contributed by atoms with Gasteiger partial charge in [-0.25, -0.2) is 8.78 Å². The lowest BCUT2D eigenvalue weighted by Crippen LogP contribution is -2.07. The summed E-state index contributed by atoms with van der Waals surface area (Å²) in [6.45, 7) is 0.101. The molecule has 0 saturated heterocycles. The maximum Gasteiger partial charge on any atom is 0.264 e. The summed E-state index contributed by atoms with van der Waals surface area (Å²) in [6, 6.07) is 6.41. The zero-order chi connectivity index (χ0) is 13.5. The van der Waals surface area contributed by atoms with E-state index in [-0.39, 0.29) is 12.2 Å². The van der Waals surface area contributed by atoms with E-state index in [1.165, 1.54) is 25.3 Å². The normalized spacial score (nSPS) is 17.2. The van der Waals surface area contributed by atoms with Gasteiger partial charge >= 0.3 is 0 Å². The van der Waals surface area contributed by atoms with Gasteiger partial charge in [0.25, 0.3) is 6.43 Å². The predicted molar refractivity (Wildman–Crippen MR) is 71.3 cm³/mol. The Hall–Kier alpha value is -1.45. The van der Waals surface area contributed by atoms with Gasteiger partial charge in [-0.15, -0.1) is 0 Å². The van der Waals surface area contributed by atoms with E-state index in [4.69, 9.17) is 4.84 Å². The van der Waals surface area contributed by atoms with Gasteiger partial charge in [0.1, 0.15) is 6.61 Å². The van der Waals surface area contributed by atoms with Crippen LogP contribution in [0.4, 0.5) is 8.78 Å². The molecule has 2 nitrogen and oxygen atoms in total. The van der Waals surface area contributed by atoms with Crippen LogP contribution < -0.4 is 0 Å². The molecule has 0 atom stereocenters. The van der Waals surface area contributed by atoms with Crippen LogP contribution in [0.2, 0.25) is 0 Å². The number of alkyl halides is 2. The maximum atomic E-state index is 12.7. The molecule has 1 fully saturated rings. The highest BCUT2D eigenvalue weighted by Gasteiger charge is 2.13. The van der Waals surface area contributed by atoms with Crippen LogP contribution in [0.25, 0.3) is 0 Å². The van der Waals surface area contributed by atoms with Crippen molar-refractivity contribution in [3.63, 3.8) is 0 Å². The lowest BCUT2D eigenvalue weighted by atomic mass is 9.90. The monoisotopic (exact) mass is 267 g/mol. The lowest BCUT2D eigenvalue weighted by molar-refractivity contribution is 0.118. The van der Waals surface area contributed by atoms with Crippen molar-refractivity contribution in [2.45, 2.75) is 45.1 Å². The molecular weight excluding hydrogens is 248 g/mol. The van der Waals surface area contributed by atoms with Crippen molar-refractivity contribution in [1.82, 2.24) is 0 Å². The van der Waals surface area contributed by atoms with Gasteiger partial charge in [-0.05, 0) is 18.8 Å². The first-order valence-corrected chi connectivity index (χ1v) is 6.79. The Balaban J connectivity index is 1.83. The van der Waals surface area contributed by atoms with Crippen LogP contribution in [0.1, 0.15) is 49.7 Å². The fourth-order valence-corrected chi connectivity index (χ4v) is 2.40. The summed E-state index contributed by atoms with van der Waals surface area (Å²) < 4.78 is 25.5. The van der Waals surface area contributed by atoms with Gasteiger partial charge in [-0.1, -0.05) is 48.7 Å². The summed E-state index contributed by atoms with van der Waals surface area (Å²) in [4.78, 5) is 5.15. The number of benzene rings is 1. The summed E-state index contributed by atoms with van der Waals surface area (Å²) in [6.07, 6.45) is 5.44. The number of hydrogen-bond acceptors (Lipinski definition) is 2. The summed E-state index contributed by atoms with van der Waals surface area (Å²) >= 11 is 0. The van der Waals surface area contributed by atoms with Gasteiger partial charge in [0.05, 0.1) is 0 Å². The second kappa shape index (κ2) is 7.22. The van der Waals surface area contributed by atoms with Gasteiger partial charge in [0, 0.05) is 17.3 Å². The maximum absolute atomic E-state index is 12.7. The third-order valence-corrected chi connectivity index (χ3v) is 3.51. The van der Waals surface area contributed by atoms with Crippen molar-refractivity contribution >= 4 is 6.21 Å². The lowest BCUT2D eigenvalue weighted by Gasteiger charge is -2.16. The molecule has 0 N–H and O–H groups in total.